The summed E-state index contributed by atoms with van der Waals surface area (Å²) < 4.78 is 26.9. The maximum atomic E-state index is 13.4. The second-order valence-corrected chi connectivity index (χ2v) is 4.17. The Balaban J connectivity index is 3.24. The van der Waals surface area contributed by atoms with Crippen LogP contribution in [-0.2, 0) is 5.92 Å². The molecular formula is C9H7Cl3F2O. The fourth-order valence-electron chi connectivity index (χ4n) is 1.16. The Morgan fingerprint density at radius 2 is 1.60 bits per heavy atom. The number of aliphatic hydroxyl groups is 1. The third kappa shape index (κ3) is 2.94. The van der Waals surface area contributed by atoms with Gasteiger partial charge in [-0.25, -0.2) is 8.78 Å². The van der Waals surface area contributed by atoms with Gasteiger partial charge >= 0.3 is 0 Å². The van der Waals surface area contributed by atoms with Gasteiger partial charge in [-0.05, 0) is 12.1 Å². The summed E-state index contributed by atoms with van der Waals surface area (Å²) in [7, 11) is 0. The Kier molecular flexibility index (Phi) is 4.18. The molecule has 84 valence electrons. The molecule has 0 spiro atoms. The zero-order valence-electron chi connectivity index (χ0n) is 7.41. The minimum absolute atomic E-state index is 0.188. The summed E-state index contributed by atoms with van der Waals surface area (Å²) >= 11 is 16.8. The molecule has 0 saturated carbocycles. The zero-order chi connectivity index (χ0) is 11.6. The number of hydrogen-bond acceptors (Lipinski definition) is 1. The van der Waals surface area contributed by atoms with E-state index in [4.69, 9.17) is 39.9 Å². The van der Waals surface area contributed by atoms with Gasteiger partial charge in [-0.15, -0.1) is 0 Å². The third-order valence-electron chi connectivity index (χ3n) is 1.80. The minimum Gasteiger partial charge on any atom is -0.396 e. The molecule has 0 fully saturated rings. The average Bonchev–Trinajstić information content (AvgIpc) is 1.99. The lowest BCUT2D eigenvalue weighted by atomic mass is 10.1. The van der Waals surface area contributed by atoms with E-state index in [9.17, 15) is 8.78 Å². The van der Waals surface area contributed by atoms with Crippen molar-refractivity contribution in [2.45, 2.75) is 12.3 Å². The van der Waals surface area contributed by atoms with Crippen molar-refractivity contribution in [3.05, 3.63) is 32.8 Å². The molecule has 1 nitrogen and oxygen atoms in total. The van der Waals surface area contributed by atoms with Gasteiger partial charge in [-0.1, -0.05) is 34.8 Å². The van der Waals surface area contributed by atoms with Crippen LogP contribution in [0.4, 0.5) is 8.78 Å². The maximum Gasteiger partial charge on any atom is 0.278 e. The highest BCUT2D eigenvalue weighted by molar-refractivity contribution is 6.39. The highest BCUT2D eigenvalue weighted by atomic mass is 35.5. The van der Waals surface area contributed by atoms with Gasteiger partial charge in [-0.2, -0.15) is 0 Å². The highest BCUT2D eigenvalue weighted by Crippen LogP contribution is 2.41. The first-order valence-corrected chi connectivity index (χ1v) is 5.15. The first-order chi connectivity index (χ1) is 6.88. The van der Waals surface area contributed by atoms with E-state index >= 15 is 0 Å². The van der Waals surface area contributed by atoms with Crippen molar-refractivity contribution in [2.24, 2.45) is 0 Å². The lowest BCUT2D eigenvalue weighted by Gasteiger charge is -2.18. The Morgan fingerprint density at radius 3 is 2.00 bits per heavy atom. The number of aliphatic hydroxyl groups excluding tert-OH is 1. The maximum absolute atomic E-state index is 13.4. The summed E-state index contributed by atoms with van der Waals surface area (Å²) in [6.07, 6.45) is -0.728. The summed E-state index contributed by atoms with van der Waals surface area (Å²) in [6.45, 7) is -0.651. The molecule has 0 aliphatic carbocycles. The molecule has 0 amide bonds. The molecule has 1 N–H and O–H groups in total. The van der Waals surface area contributed by atoms with Gasteiger partial charge in [0.05, 0.1) is 15.6 Å². The lowest BCUT2D eigenvalue weighted by molar-refractivity contribution is -0.0267. The van der Waals surface area contributed by atoms with E-state index < -0.39 is 24.5 Å². The fourth-order valence-corrected chi connectivity index (χ4v) is 2.25. The molecule has 15 heavy (non-hydrogen) atoms. The number of alkyl halides is 2. The van der Waals surface area contributed by atoms with Crippen LogP contribution in [-0.4, -0.2) is 11.7 Å². The van der Waals surface area contributed by atoms with Crippen LogP contribution in [0.3, 0.4) is 0 Å². The van der Waals surface area contributed by atoms with Crippen molar-refractivity contribution >= 4 is 34.8 Å². The molecule has 0 unspecified atom stereocenters. The monoisotopic (exact) mass is 274 g/mol. The summed E-state index contributed by atoms with van der Waals surface area (Å²) in [5.74, 6) is -3.26. The summed E-state index contributed by atoms with van der Waals surface area (Å²) in [5.41, 5.74) is -0.496. The van der Waals surface area contributed by atoms with Crippen molar-refractivity contribution in [3.63, 3.8) is 0 Å². The van der Waals surface area contributed by atoms with E-state index in [0.717, 1.165) is 0 Å². The Bertz CT molecular complexity index is 345. The van der Waals surface area contributed by atoms with Crippen molar-refractivity contribution in [2.75, 3.05) is 6.61 Å². The standard InChI is InChI=1S/C9H7Cl3F2O/c10-5-3-6(11)8(7(12)4-5)9(13,14)1-2-15/h3-4,15H,1-2H2. The van der Waals surface area contributed by atoms with Crippen LogP contribution in [0.25, 0.3) is 0 Å². The van der Waals surface area contributed by atoms with Crippen LogP contribution in [0.2, 0.25) is 15.1 Å². The number of hydrogen-bond donors (Lipinski definition) is 1. The second-order valence-electron chi connectivity index (χ2n) is 2.92. The lowest BCUT2D eigenvalue weighted by Crippen LogP contribution is -2.16. The molecule has 0 atom stereocenters. The van der Waals surface area contributed by atoms with E-state index in [0.29, 0.717) is 0 Å². The van der Waals surface area contributed by atoms with E-state index in [1.807, 2.05) is 0 Å². The van der Waals surface area contributed by atoms with Crippen LogP contribution in [0.1, 0.15) is 12.0 Å². The smallest absolute Gasteiger partial charge is 0.278 e. The summed E-state index contributed by atoms with van der Waals surface area (Å²) in [4.78, 5) is 0. The van der Waals surface area contributed by atoms with Crippen LogP contribution in [0.5, 0.6) is 0 Å². The first kappa shape index (κ1) is 13.0. The Labute approximate surface area is 101 Å². The first-order valence-electron chi connectivity index (χ1n) is 4.02. The predicted molar refractivity (Wildman–Crippen MR) is 57.1 cm³/mol. The second kappa shape index (κ2) is 4.83. The molecule has 0 aliphatic rings. The van der Waals surface area contributed by atoms with Gasteiger partial charge in [0.1, 0.15) is 0 Å². The van der Waals surface area contributed by atoms with Crippen LogP contribution < -0.4 is 0 Å². The third-order valence-corrected chi connectivity index (χ3v) is 2.61. The summed E-state index contributed by atoms with van der Waals surface area (Å²) in [5, 5.41) is 8.29. The minimum atomic E-state index is -3.26. The molecule has 0 saturated heterocycles. The van der Waals surface area contributed by atoms with Gasteiger partial charge in [0.15, 0.2) is 0 Å². The van der Waals surface area contributed by atoms with E-state index in [-0.39, 0.29) is 15.1 Å². The van der Waals surface area contributed by atoms with Gasteiger partial charge in [0, 0.05) is 18.1 Å². The molecule has 1 aromatic rings. The molecule has 1 aromatic carbocycles. The molecule has 0 aromatic heterocycles. The van der Waals surface area contributed by atoms with E-state index in [2.05, 4.69) is 0 Å². The zero-order valence-corrected chi connectivity index (χ0v) is 9.67. The molecular weight excluding hydrogens is 268 g/mol. The molecule has 6 heteroatoms. The van der Waals surface area contributed by atoms with Crippen LogP contribution in [0, 0.1) is 0 Å². The molecule has 0 radical (unpaired) electrons. The molecule has 0 heterocycles. The normalized spacial score (nSPS) is 11.9. The molecule has 1 rings (SSSR count). The quantitative estimate of drug-likeness (QED) is 0.880. The van der Waals surface area contributed by atoms with Crippen molar-refractivity contribution < 1.29 is 13.9 Å². The molecule has 0 bridgehead atoms. The Morgan fingerprint density at radius 1 is 1.13 bits per heavy atom. The van der Waals surface area contributed by atoms with E-state index in [1.54, 1.807) is 0 Å². The Hall–Kier alpha value is -0.0900. The van der Waals surface area contributed by atoms with Gasteiger partial charge in [0.2, 0.25) is 0 Å². The van der Waals surface area contributed by atoms with Crippen LogP contribution in [0.15, 0.2) is 12.1 Å². The SMILES string of the molecule is OCCC(F)(F)c1c(Cl)cc(Cl)cc1Cl. The van der Waals surface area contributed by atoms with Gasteiger partial charge < -0.3 is 5.11 Å². The average molecular weight is 276 g/mol. The molecule has 0 aliphatic heterocycles. The number of halogens is 5. The van der Waals surface area contributed by atoms with Crippen molar-refractivity contribution in [3.8, 4) is 0 Å². The van der Waals surface area contributed by atoms with Crippen molar-refractivity contribution in [1.29, 1.82) is 0 Å². The number of benzene rings is 1. The van der Waals surface area contributed by atoms with Gasteiger partial charge in [0.25, 0.3) is 5.92 Å². The van der Waals surface area contributed by atoms with Crippen LogP contribution >= 0.6 is 34.8 Å². The van der Waals surface area contributed by atoms with Gasteiger partial charge in [-0.3, -0.25) is 0 Å². The topological polar surface area (TPSA) is 20.2 Å². The fraction of sp³-hybridized carbons (Fsp3) is 0.333. The number of rotatable bonds is 3. The largest absolute Gasteiger partial charge is 0.396 e. The summed E-state index contributed by atoms with van der Waals surface area (Å²) in [6, 6.07) is 2.38. The highest BCUT2D eigenvalue weighted by Gasteiger charge is 2.35. The van der Waals surface area contributed by atoms with E-state index in [1.165, 1.54) is 12.1 Å². The van der Waals surface area contributed by atoms with Crippen molar-refractivity contribution in [1.82, 2.24) is 0 Å². The predicted octanol–water partition coefficient (Wildman–Crippen LogP) is 4.12.